The Hall–Kier alpha value is -1.08. The number of halogens is 1. The van der Waals surface area contributed by atoms with Crippen LogP contribution in [0.15, 0.2) is 30.3 Å². The molecule has 2 heteroatoms. The zero-order valence-corrected chi connectivity index (χ0v) is 8.55. The molecule has 1 nitrogen and oxygen atoms in total. The molecule has 0 fully saturated rings. The summed E-state index contributed by atoms with van der Waals surface area (Å²) in [5.74, 6) is 0.329. The number of allylic oxidation sites excluding steroid dienone is 2. The molecule has 0 saturated carbocycles. The van der Waals surface area contributed by atoms with E-state index in [0.717, 1.165) is 17.0 Å². The van der Waals surface area contributed by atoms with Gasteiger partial charge in [0, 0.05) is 17.9 Å². The average molecular weight is 207 g/mol. The van der Waals surface area contributed by atoms with Crippen LogP contribution in [0.3, 0.4) is 0 Å². The van der Waals surface area contributed by atoms with E-state index in [2.05, 4.69) is 0 Å². The van der Waals surface area contributed by atoms with Crippen molar-refractivity contribution in [2.24, 2.45) is 0 Å². The fourth-order valence-corrected chi connectivity index (χ4v) is 1.86. The van der Waals surface area contributed by atoms with Gasteiger partial charge in [-0.25, -0.2) is 0 Å². The Balaban J connectivity index is 2.27. The van der Waals surface area contributed by atoms with Gasteiger partial charge in [0.15, 0.2) is 0 Å². The molecule has 0 saturated heterocycles. The summed E-state index contributed by atoms with van der Waals surface area (Å²) in [4.78, 5) is 11.0. The predicted molar refractivity (Wildman–Crippen MR) is 58.3 cm³/mol. The van der Waals surface area contributed by atoms with Crippen LogP contribution >= 0.6 is 11.6 Å². The minimum absolute atomic E-state index is 0.329. The van der Waals surface area contributed by atoms with Gasteiger partial charge in [-0.05, 0) is 29.7 Å². The minimum Gasteiger partial charge on any atom is -0.299 e. The quantitative estimate of drug-likeness (QED) is 0.688. The number of Topliss-reactive ketones (excluding diaryl/α,β-unsaturated/α-hetero) is 1. The molecule has 0 bridgehead atoms. The molecule has 72 valence electrons. The first-order valence-electron chi connectivity index (χ1n) is 4.72. The monoisotopic (exact) mass is 206 g/mol. The Morgan fingerprint density at radius 2 is 2.07 bits per heavy atom. The van der Waals surface area contributed by atoms with Crippen LogP contribution < -0.4 is 0 Å². The van der Waals surface area contributed by atoms with E-state index < -0.39 is 0 Å². The second-order valence-corrected chi connectivity index (χ2v) is 3.92. The van der Waals surface area contributed by atoms with E-state index in [9.17, 15) is 4.79 Å². The van der Waals surface area contributed by atoms with Gasteiger partial charge >= 0.3 is 0 Å². The van der Waals surface area contributed by atoms with Crippen molar-refractivity contribution in [3.05, 3.63) is 40.9 Å². The lowest BCUT2D eigenvalue weighted by Crippen LogP contribution is -2.02. The van der Waals surface area contributed by atoms with E-state index in [-0.39, 0.29) is 0 Å². The van der Waals surface area contributed by atoms with Crippen LogP contribution in [0.2, 0.25) is 5.02 Å². The first kappa shape index (κ1) is 9.47. The SMILES string of the molecule is O=C1CC=C(c2cccc(Cl)c2)CC1. The van der Waals surface area contributed by atoms with Crippen molar-refractivity contribution in [3.63, 3.8) is 0 Å². The molecule has 0 aliphatic heterocycles. The second-order valence-electron chi connectivity index (χ2n) is 3.48. The molecule has 1 aliphatic carbocycles. The van der Waals surface area contributed by atoms with Crippen molar-refractivity contribution in [1.29, 1.82) is 0 Å². The third kappa shape index (κ3) is 2.05. The average Bonchev–Trinajstić information content (AvgIpc) is 2.19. The molecule has 0 unspecified atom stereocenters. The number of rotatable bonds is 1. The Morgan fingerprint density at radius 1 is 1.21 bits per heavy atom. The summed E-state index contributed by atoms with van der Waals surface area (Å²) in [5.41, 5.74) is 2.39. The molecule has 0 atom stereocenters. The molecule has 0 amide bonds. The topological polar surface area (TPSA) is 17.1 Å². The van der Waals surface area contributed by atoms with Gasteiger partial charge in [-0.1, -0.05) is 29.8 Å². The van der Waals surface area contributed by atoms with Crippen molar-refractivity contribution in [3.8, 4) is 0 Å². The molecular weight excluding hydrogens is 196 g/mol. The summed E-state index contributed by atoms with van der Waals surface area (Å²) >= 11 is 5.90. The lowest BCUT2D eigenvalue weighted by atomic mass is 9.93. The lowest BCUT2D eigenvalue weighted by Gasteiger charge is -2.12. The van der Waals surface area contributed by atoms with Gasteiger partial charge in [0.25, 0.3) is 0 Å². The third-order valence-electron chi connectivity index (χ3n) is 2.44. The molecule has 0 spiro atoms. The van der Waals surface area contributed by atoms with E-state index in [1.165, 1.54) is 5.57 Å². The van der Waals surface area contributed by atoms with Crippen molar-refractivity contribution in [2.75, 3.05) is 0 Å². The fourth-order valence-electron chi connectivity index (χ4n) is 1.67. The van der Waals surface area contributed by atoms with Crippen LogP contribution in [-0.4, -0.2) is 5.78 Å². The van der Waals surface area contributed by atoms with Gasteiger partial charge in [0.2, 0.25) is 0 Å². The number of hydrogen-bond acceptors (Lipinski definition) is 1. The largest absolute Gasteiger partial charge is 0.299 e. The van der Waals surface area contributed by atoms with Gasteiger partial charge in [-0.2, -0.15) is 0 Å². The molecule has 0 N–H and O–H groups in total. The summed E-state index contributed by atoms with van der Waals surface area (Å²) in [6.45, 7) is 0. The maximum Gasteiger partial charge on any atom is 0.137 e. The summed E-state index contributed by atoms with van der Waals surface area (Å²) in [6, 6.07) is 7.78. The van der Waals surface area contributed by atoms with E-state index in [1.54, 1.807) is 0 Å². The Kier molecular flexibility index (Phi) is 2.69. The highest BCUT2D eigenvalue weighted by Gasteiger charge is 2.11. The first-order valence-corrected chi connectivity index (χ1v) is 5.10. The zero-order chi connectivity index (χ0) is 9.97. The molecule has 1 aromatic carbocycles. The van der Waals surface area contributed by atoms with E-state index >= 15 is 0 Å². The minimum atomic E-state index is 0.329. The fraction of sp³-hybridized carbons (Fsp3) is 0.250. The van der Waals surface area contributed by atoms with Gasteiger partial charge in [0.05, 0.1) is 0 Å². The number of benzene rings is 1. The van der Waals surface area contributed by atoms with Crippen molar-refractivity contribution < 1.29 is 4.79 Å². The summed E-state index contributed by atoms with van der Waals surface area (Å²) in [5, 5.41) is 0.750. The molecule has 1 aliphatic rings. The van der Waals surface area contributed by atoms with Gasteiger partial charge < -0.3 is 0 Å². The molecule has 14 heavy (non-hydrogen) atoms. The Bertz CT molecular complexity index is 393. The highest BCUT2D eigenvalue weighted by Crippen LogP contribution is 2.26. The number of hydrogen-bond donors (Lipinski definition) is 0. The smallest absolute Gasteiger partial charge is 0.137 e. The Morgan fingerprint density at radius 3 is 2.71 bits per heavy atom. The van der Waals surface area contributed by atoms with Crippen LogP contribution in [0, 0.1) is 0 Å². The van der Waals surface area contributed by atoms with Crippen molar-refractivity contribution in [2.45, 2.75) is 19.3 Å². The van der Waals surface area contributed by atoms with E-state index in [0.29, 0.717) is 18.6 Å². The standard InChI is InChI=1S/C12H11ClO/c13-11-3-1-2-10(8-11)9-4-6-12(14)7-5-9/h1-4,8H,5-7H2. The van der Waals surface area contributed by atoms with Gasteiger partial charge in [-0.15, -0.1) is 0 Å². The second kappa shape index (κ2) is 3.97. The maximum absolute atomic E-state index is 11.0. The lowest BCUT2D eigenvalue weighted by molar-refractivity contribution is -0.118. The van der Waals surface area contributed by atoms with Crippen LogP contribution in [-0.2, 0) is 4.79 Å². The van der Waals surface area contributed by atoms with Crippen LogP contribution in [0.4, 0.5) is 0 Å². The van der Waals surface area contributed by atoms with Crippen LogP contribution in [0.25, 0.3) is 5.57 Å². The number of ketones is 1. The van der Waals surface area contributed by atoms with Crippen LogP contribution in [0.5, 0.6) is 0 Å². The Labute approximate surface area is 88.4 Å². The van der Waals surface area contributed by atoms with E-state index in [4.69, 9.17) is 11.6 Å². The maximum atomic E-state index is 11.0. The summed E-state index contributed by atoms with van der Waals surface area (Å²) in [7, 11) is 0. The highest BCUT2D eigenvalue weighted by atomic mass is 35.5. The molecule has 0 aromatic heterocycles. The summed E-state index contributed by atoms with van der Waals surface area (Å²) < 4.78 is 0. The normalized spacial score (nSPS) is 16.6. The highest BCUT2D eigenvalue weighted by molar-refractivity contribution is 6.30. The van der Waals surface area contributed by atoms with Gasteiger partial charge in [0.1, 0.15) is 5.78 Å². The predicted octanol–water partition coefficient (Wildman–Crippen LogP) is 3.48. The van der Waals surface area contributed by atoms with Crippen LogP contribution in [0.1, 0.15) is 24.8 Å². The molecule has 1 aromatic rings. The third-order valence-corrected chi connectivity index (χ3v) is 2.68. The first-order chi connectivity index (χ1) is 6.75. The molecule has 0 heterocycles. The van der Waals surface area contributed by atoms with E-state index in [1.807, 2.05) is 30.3 Å². The van der Waals surface area contributed by atoms with Crippen molar-refractivity contribution in [1.82, 2.24) is 0 Å². The number of carbonyl (C=O) groups excluding carboxylic acids is 1. The molecule has 0 radical (unpaired) electrons. The van der Waals surface area contributed by atoms with Gasteiger partial charge in [-0.3, -0.25) is 4.79 Å². The van der Waals surface area contributed by atoms with Crippen molar-refractivity contribution >= 4 is 23.0 Å². The molecule has 2 rings (SSSR count). The number of carbonyl (C=O) groups is 1. The zero-order valence-electron chi connectivity index (χ0n) is 7.79. The summed E-state index contributed by atoms with van der Waals surface area (Å²) in [6.07, 6.45) is 4.09. The molecular formula is C12H11ClO.